The van der Waals surface area contributed by atoms with Gasteiger partial charge in [0.2, 0.25) is 18.0 Å². The van der Waals surface area contributed by atoms with Crippen molar-refractivity contribution in [3.05, 3.63) is 65.2 Å². The van der Waals surface area contributed by atoms with E-state index in [1.54, 1.807) is 24.3 Å². The summed E-state index contributed by atoms with van der Waals surface area (Å²) in [5.74, 6) is -3.57. The number of esters is 1. The van der Waals surface area contributed by atoms with Crippen molar-refractivity contribution in [2.75, 3.05) is 5.32 Å². The lowest BCUT2D eigenvalue weighted by Crippen LogP contribution is -2.43. The second-order valence-corrected chi connectivity index (χ2v) is 6.32. The Hall–Kier alpha value is -3.29. The topological polar surface area (TPSA) is 75.7 Å². The first kappa shape index (κ1) is 17.1. The van der Waals surface area contributed by atoms with Crippen molar-refractivity contribution in [3.63, 3.8) is 0 Å². The Morgan fingerprint density at radius 2 is 1.89 bits per heavy atom. The molecular formula is C19H14F2N2O4. The molecule has 0 aliphatic carbocycles. The number of hydrogen-bond donors (Lipinski definition) is 1. The van der Waals surface area contributed by atoms with Crippen LogP contribution < -0.4 is 5.32 Å². The van der Waals surface area contributed by atoms with Crippen LogP contribution in [0.15, 0.2) is 42.5 Å². The molecule has 6 nitrogen and oxygen atoms in total. The van der Waals surface area contributed by atoms with Crippen molar-refractivity contribution in [2.45, 2.75) is 25.1 Å². The molecule has 2 aliphatic rings. The lowest BCUT2D eigenvalue weighted by Gasteiger charge is -2.29. The molecule has 0 aromatic heterocycles. The molecule has 8 heteroatoms. The molecule has 0 radical (unpaired) electrons. The fourth-order valence-electron chi connectivity index (χ4n) is 3.39. The Kier molecular flexibility index (Phi) is 4.10. The Morgan fingerprint density at radius 1 is 1.11 bits per heavy atom. The van der Waals surface area contributed by atoms with E-state index in [2.05, 4.69) is 5.32 Å². The van der Waals surface area contributed by atoms with Crippen LogP contribution in [0, 0.1) is 11.6 Å². The van der Waals surface area contributed by atoms with Crippen molar-refractivity contribution in [3.8, 4) is 0 Å². The summed E-state index contributed by atoms with van der Waals surface area (Å²) in [5, 5.41) is 2.48. The van der Waals surface area contributed by atoms with Gasteiger partial charge in [0.05, 0.1) is 5.56 Å². The second kappa shape index (κ2) is 6.46. The Labute approximate surface area is 152 Å². The largest absolute Gasteiger partial charge is 0.433 e. The Bertz CT molecular complexity index is 962. The van der Waals surface area contributed by atoms with E-state index in [-0.39, 0.29) is 24.4 Å². The van der Waals surface area contributed by atoms with Gasteiger partial charge >= 0.3 is 5.97 Å². The van der Waals surface area contributed by atoms with Crippen LogP contribution in [0.2, 0.25) is 0 Å². The summed E-state index contributed by atoms with van der Waals surface area (Å²) in [4.78, 5) is 38.3. The van der Waals surface area contributed by atoms with E-state index in [4.69, 9.17) is 4.74 Å². The summed E-state index contributed by atoms with van der Waals surface area (Å²) in [6.07, 6.45) is -0.638. The van der Waals surface area contributed by atoms with Gasteiger partial charge in [-0.15, -0.1) is 0 Å². The van der Waals surface area contributed by atoms with Crippen molar-refractivity contribution in [2.24, 2.45) is 0 Å². The van der Waals surface area contributed by atoms with Gasteiger partial charge in [0.25, 0.3) is 0 Å². The summed E-state index contributed by atoms with van der Waals surface area (Å²) in [7, 11) is 0. The van der Waals surface area contributed by atoms with Crippen molar-refractivity contribution in [1.82, 2.24) is 4.90 Å². The first-order valence-corrected chi connectivity index (χ1v) is 8.32. The number of hydrogen-bond acceptors (Lipinski definition) is 4. The van der Waals surface area contributed by atoms with E-state index in [0.29, 0.717) is 11.1 Å². The Balaban J connectivity index is 1.59. The number of likely N-dealkylation sites (tertiary alicyclic amines) is 1. The Morgan fingerprint density at radius 3 is 2.67 bits per heavy atom. The van der Waals surface area contributed by atoms with Crippen LogP contribution in [-0.4, -0.2) is 28.7 Å². The standard InChI is InChI=1S/C19H14F2N2O4/c20-13-6-5-10(9-14(13)21)22-17(25)15-7-8-16(24)23(15)18-11-3-1-2-4-12(11)19(26)27-18/h1-6,9,15,18H,7-8H2,(H,22,25)/t15-,18?/m0/s1. The number of nitrogens with zero attached hydrogens (tertiary/aromatic N) is 1. The van der Waals surface area contributed by atoms with Gasteiger partial charge in [-0.25, -0.2) is 13.6 Å². The fourth-order valence-corrected chi connectivity index (χ4v) is 3.39. The molecule has 2 aromatic rings. The molecule has 2 atom stereocenters. The fraction of sp³-hybridized carbons (Fsp3) is 0.211. The van der Waals surface area contributed by atoms with E-state index in [9.17, 15) is 23.2 Å². The molecule has 1 N–H and O–H groups in total. The van der Waals surface area contributed by atoms with Gasteiger partial charge in [-0.05, 0) is 24.6 Å². The summed E-state index contributed by atoms with van der Waals surface area (Å²) in [5.41, 5.74) is 0.937. The van der Waals surface area contributed by atoms with E-state index < -0.39 is 35.8 Å². The number of rotatable bonds is 3. The smallest absolute Gasteiger partial charge is 0.340 e. The first-order chi connectivity index (χ1) is 13.0. The molecule has 2 aliphatic heterocycles. The van der Waals surface area contributed by atoms with Gasteiger partial charge in [-0.2, -0.15) is 0 Å². The summed E-state index contributed by atoms with van der Waals surface area (Å²) in [6, 6.07) is 8.75. The van der Waals surface area contributed by atoms with Crippen molar-refractivity contribution >= 4 is 23.5 Å². The van der Waals surface area contributed by atoms with Crippen LogP contribution in [0.3, 0.4) is 0 Å². The maximum absolute atomic E-state index is 13.4. The number of halogens is 2. The maximum atomic E-state index is 13.4. The minimum Gasteiger partial charge on any atom is -0.433 e. The van der Waals surface area contributed by atoms with E-state index in [1.165, 1.54) is 11.0 Å². The predicted molar refractivity (Wildman–Crippen MR) is 89.5 cm³/mol. The number of carbonyl (C=O) groups is 3. The molecule has 0 saturated carbocycles. The number of ether oxygens (including phenoxy) is 1. The van der Waals surface area contributed by atoms with Gasteiger partial charge in [0.15, 0.2) is 11.6 Å². The van der Waals surface area contributed by atoms with E-state index in [0.717, 1.165) is 12.1 Å². The number of nitrogens with one attached hydrogen (secondary N) is 1. The molecule has 27 heavy (non-hydrogen) atoms. The third kappa shape index (κ3) is 2.92. The van der Waals surface area contributed by atoms with Gasteiger partial charge in [0, 0.05) is 23.7 Å². The molecule has 4 rings (SSSR count). The predicted octanol–water partition coefficient (Wildman–Crippen LogP) is 2.76. The highest BCUT2D eigenvalue weighted by molar-refractivity contribution is 6.00. The van der Waals surface area contributed by atoms with Crippen molar-refractivity contribution < 1.29 is 27.9 Å². The first-order valence-electron chi connectivity index (χ1n) is 8.32. The van der Waals surface area contributed by atoms with Crippen LogP contribution in [0.4, 0.5) is 14.5 Å². The van der Waals surface area contributed by atoms with E-state index in [1.807, 2.05) is 0 Å². The van der Waals surface area contributed by atoms with Crippen LogP contribution in [0.5, 0.6) is 0 Å². The van der Waals surface area contributed by atoms with Crippen LogP contribution in [0.1, 0.15) is 35.0 Å². The molecular weight excluding hydrogens is 358 g/mol. The zero-order chi connectivity index (χ0) is 19.1. The minimum absolute atomic E-state index is 0.0713. The van der Waals surface area contributed by atoms with Gasteiger partial charge in [-0.3, -0.25) is 14.5 Å². The molecule has 1 fully saturated rings. The van der Waals surface area contributed by atoms with Crippen LogP contribution in [0.25, 0.3) is 0 Å². The molecule has 1 unspecified atom stereocenters. The molecule has 0 bridgehead atoms. The zero-order valence-electron chi connectivity index (χ0n) is 13.9. The van der Waals surface area contributed by atoms with E-state index >= 15 is 0 Å². The second-order valence-electron chi connectivity index (χ2n) is 6.32. The van der Waals surface area contributed by atoms with Crippen molar-refractivity contribution in [1.29, 1.82) is 0 Å². The SMILES string of the molecule is O=C1OC(N2C(=O)CC[C@H]2C(=O)Nc2ccc(F)c(F)c2)c2ccccc21. The number of fused-ring (bicyclic) bond motifs is 1. The quantitative estimate of drug-likeness (QED) is 0.841. The zero-order valence-corrected chi connectivity index (χ0v) is 13.9. The third-order valence-electron chi connectivity index (χ3n) is 4.66. The number of amides is 2. The maximum Gasteiger partial charge on any atom is 0.340 e. The highest BCUT2D eigenvalue weighted by atomic mass is 19.2. The molecule has 1 saturated heterocycles. The highest BCUT2D eigenvalue weighted by Crippen LogP contribution is 2.38. The molecule has 2 amide bonds. The van der Waals surface area contributed by atoms with Gasteiger partial charge < -0.3 is 10.1 Å². The monoisotopic (exact) mass is 372 g/mol. The highest BCUT2D eigenvalue weighted by Gasteiger charge is 2.46. The van der Waals surface area contributed by atoms with Gasteiger partial charge in [-0.1, -0.05) is 18.2 Å². The lowest BCUT2D eigenvalue weighted by atomic mass is 10.1. The number of carbonyl (C=O) groups excluding carboxylic acids is 3. The van der Waals surface area contributed by atoms with Gasteiger partial charge in [0.1, 0.15) is 6.04 Å². The summed E-state index contributed by atoms with van der Waals surface area (Å²) < 4.78 is 31.7. The molecule has 138 valence electrons. The van der Waals surface area contributed by atoms with Crippen LogP contribution >= 0.6 is 0 Å². The molecule has 0 spiro atoms. The minimum atomic E-state index is -1.09. The molecule has 2 aromatic carbocycles. The average molecular weight is 372 g/mol. The lowest BCUT2D eigenvalue weighted by molar-refractivity contribution is -0.144. The van der Waals surface area contributed by atoms with Crippen LogP contribution in [-0.2, 0) is 14.3 Å². The normalized spacial score (nSPS) is 21.2. The third-order valence-corrected chi connectivity index (χ3v) is 4.66. The number of cyclic esters (lactones) is 1. The average Bonchev–Trinajstić information content (AvgIpc) is 3.19. The number of anilines is 1. The summed E-state index contributed by atoms with van der Waals surface area (Å²) >= 11 is 0. The molecule has 2 heterocycles. The number of benzene rings is 2. The summed E-state index contributed by atoms with van der Waals surface area (Å²) in [6.45, 7) is 0.